The molecule has 0 radical (unpaired) electrons. The zero-order valence-corrected chi connectivity index (χ0v) is 18.2. The normalized spacial score (nSPS) is 14.6. The minimum atomic E-state index is -0.333. The van der Waals surface area contributed by atoms with Gasteiger partial charge in [-0.1, -0.05) is 23.7 Å². The molecule has 1 saturated heterocycles. The number of aryl methyl sites for hydroxylation is 1. The van der Waals surface area contributed by atoms with E-state index in [1.165, 1.54) is 5.56 Å². The number of carbonyl (C=O) groups is 1. The van der Waals surface area contributed by atoms with Gasteiger partial charge in [0, 0.05) is 34.9 Å². The molecule has 0 atom stereocenters. The fourth-order valence-electron chi connectivity index (χ4n) is 3.30. The summed E-state index contributed by atoms with van der Waals surface area (Å²) in [6, 6.07) is 15.2. The van der Waals surface area contributed by atoms with Crippen LogP contribution in [0.4, 0.5) is 5.69 Å². The zero-order chi connectivity index (χ0) is 20.9. The van der Waals surface area contributed by atoms with Crippen LogP contribution in [0.3, 0.4) is 0 Å². The van der Waals surface area contributed by atoms with Crippen molar-refractivity contribution in [3.63, 3.8) is 0 Å². The number of thioether (sulfide) groups is 1. The van der Waals surface area contributed by atoms with Gasteiger partial charge in [-0.2, -0.15) is 11.8 Å². The van der Waals surface area contributed by atoms with Gasteiger partial charge in [-0.05, 0) is 61.7 Å². The molecule has 0 saturated carbocycles. The molecule has 4 rings (SSSR count). The molecule has 8 heteroatoms. The highest BCUT2D eigenvalue weighted by Crippen LogP contribution is 2.26. The van der Waals surface area contributed by atoms with E-state index in [2.05, 4.69) is 21.5 Å². The number of carbonyl (C=O) groups excluding carboxylic acids is 1. The van der Waals surface area contributed by atoms with E-state index >= 15 is 0 Å². The van der Waals surface area contributed by atoms with E-state index in [0.717, 1.165) is 43.2 Å². The van der Waals surface area contributed by atoms with Gasteiger partial charge in [-0.25, -0.2) is 9.67 Å². The molecule has 156 valence electrons. The minimum Gasteiger partial charge on any atom is -0.381 e. The maximum Gasteiger partial charge on any atom is 0.295 e. The predicted molar refractivity (Wildman–Crippen MR) is 121 cm³/mol. The molecule has 2 heterocycles. The summed E-state index contributed by atoms with van der Waals surface area (Å²) in [5, 5.41) is 8.55. The summed E-state index contributed by atoms with van der Waals surface area (Å²) in [6.07, 6.45) is 2.20. The van der Waals surface area contributed by atoms with Crippen molar-refractivity contribution < 1.29 is 9.53 Å². The van der Waals surface area contributed by atoms with Gasteiger partial charge in [0.15, 0.2) is 0 Å². The van der Waals surface area contributed by atoms with E-state index in [1.807, 2.05) is 49.0 Å². The number of rotatable bonds is 6. The van der Waals surface area contributed by atoms with Crippen LogP contribution >= 0.6 is 23.4 Å². The van der Waals surface area contributed by atoms with E-state index in [9.17, 15) is 4.79 Å². The van der Waals surface area contributed by atoms with Crippen molar-refractivity contribution in [2.24, 2.45) is 0 Å². The van der Waals surface area contributed by atoms with Crippen molar-refractivity contribution in [1.82, 2.24) is 14.8 Å². The van der Waals surface area contributed by atoms with Crippen LogP contribution in [0.25, 0.3) is 5.69 Å². The molecule has 6 nitrogen and oxygen atoms in total. The second kappa shape index (κ2) is 9.64. The number of halogens is 1. The monoisotopic (exact) mass is 442 g/mol. The molecule has 0 unspecified atom stereocenters. The topological polar surface area (TPSA) is 69.0 Å². The molecule has 1 aliphatic rings. The summed E-state index contributed by atoms with van der Waals surface area (Å²) in [7, 11) is 0. The molecular weight excluding hydrogens is 420 g/mol. The van der Waals surface area contributed by atoms with Crippen LogP contribution in [0, 0.1) is 6.92 Å². The molecule has 30 heavy (non-hydrogen) atoms. The first-order valence-corrected chi connectivity index (χ1v) is 11.3. The van der Waals surface area contributed by atoms with Gasteiger partial charge in [-0.15, -0.1) is 5.10 Å². The Morgan fingerprint density at radius 3 is 2.77 bits per heavy atom. The Labute approximate surface area is 185 Å². The Balaban J connectivity index is 1.41. The Hall–Kier alpha value is -2.35. The third-order valence-electron chi connectivity index (χ3n) is 4.88. The van der Waals surface area contributed by atoms with Crippen LogP contribution in [-0.2, 0) is 10.5 Å². The summed E-state index contributed by atoms with van der Waals surface area (Å²) >= 11 is 7.90. The van der Waals surface area contributed by atoms with Crippen molar-refractivity contribution in [2.75, 3.05) is 18.5 Å². The number of ether oxygens (including phenoxy) is 1. The van der Waals surface area contributed by atoms with Gasteiger partial charge < -0.3 is 10.1 Å². The second-order valence-electron chi connectivity index (χ2n) is 7.15. The Kier molecular flexibility index (Phi) is 6.72. The molecule has 0 spiro atoms. The average Bonchev–Trinajstić information content (AvgIpc) is 3.16. The van der Waals surface area contributed by atoms with Crippen molar-refractivity contribution in [1.29, 1.82) is 0 Å². The summed E-state index contributed by atoms with van der Waals surface area (Å²) in [5.74, 6) is 1.34. The van der Waals surface area contributed by atoms with E-state index in [4.69, 9.17) is 16.3 Å². The zero-order valence-electron chi connectivity index (χ0n) is 16.7. The molecule has 1 aromatic heterocycles. The predicted octanol–water partition coefficient (Wildman–Crippen LogP) is 4.89. The summed E-state index contributed by atoms with van der Waals surface area (Å²) < 4.78 is 7.05. The number of hydrogen-bond acceptors (Lipinski definition) is 5. The first-order chi connectivity index (χ1) is 14.6. The second-order valence-corrected chi connectivity index (χ2v) is 8.87. The molecule has 1 amide bonds. The lowest BCUT2D eigenvalue weighted by atomic mass is 10.2. The fourth-order valence-corrected chi connectivity index (χ4v) is 4.56. The smallest absolute Gasteiger partial charge is 0.295 e. The van der Waals surface area contributed by atoms with Crippen molar-refractivity contribution in [2.45, 2.75) is 30.8 Å². The molecule has 1 fully saturated rings. The van der Waals surface area contributed by atoms with Crippen LogP contribution in [0.5, 0.6) is 0 Å². The van der Waals surface area contributed by atoms with Crippen molar-refractivity contribution in [3.05, 3.63) is 70.8 Å². The highest BCUT2D eigenvalue weighted by atomic mass is 35.5. The summed E-state index contributed by atoms with van der Waals surface area (Å²) in [6.45, 7) is 3.51. The van der Waals surface area contributed by atoms with Crippen molar-refractivity contribution in [3.8, 4) is 5.69 Å². The average molecular weight is 443 g/mol. The first-order valence-electron chi connectivity index (χ1n) is 9.88. The third kappa shape index (κ3) is 5.22. The van der Waals surface area contributed by atoms with E-state index in [1.54, 1.807) is 16.8 Å². The van der Waals surface area contributed by atoms with E-state index in [-0.39, 0.29) is 11.7 Å². The Morgan fingerprint density at radius 2 is 2.00 bits per heavy atom. The molecule has 3 aromatic rings. The van der Waals surface area contributed by atoms with E-state index < -0.39 is 0 Å². The van der Waals surface area contributed by atoms with Crippen LogP contribution in [0.2, 0.25) is 5.02 Å². The van der Waals surface area contributed by atoms with Crippen molar-refractivity contribution >= 4 is 35.0 Å². The SMILES string of the molecule is Cc1nc(C(=O)Nc2cccc(CSC3CCOCC3)c2)nn1-c1ccc(Cl)cc1. The van der Waals surface area contributed by atoms with Crippen LogP contribution in [-0.4, -0.2) is 39.1 Å². The Bertz CT molecular complexity index is 1020. The maximum absolute atomic E-state index is 12.7. The summed E-state index contributed by atoms with van der Waals surface area (Å²) in [5.41, 5.74) is 2.72. The first kappa shape index (κ1) is 20.9. The standard InChI is InChI=1S/C22H23ClN4O2S/c1-15-24-21(26-27(15)19-7-5-17(23)6-8-19)22(28)25-18-4-2-3-16(13-18)14-30-20-9-11-29-12-10-20/h2-8,13,20H,9-12,14H2,1H3,(H,25,28). The number of nitrogens with zero attached hydrogens (tertiary/aromatic N) is 3. The molecule has 1 aliphatic heterocycles. The maximum atomic E-state index is 12.7. The number of amides is 1. The number of hydrogen-bond donors (Lipinski definition) is 1. The van der Waals surface area contributed by atoms with Crippen LogP contribution < -0.4 is 5.32 Å². The lowest BCUT2D eigenvalue weighted by Crippen LogP contribution is -2.17. The molecule has 0 bridgehead atoms. The quantitative estimate of drug-likeness (QED) is 0.588. The molecule has 1 N–H and O–H groups in total. The fraction of sp³-hybridized carbons (Fsp3) is 0.318. The minimum absolute atomic E-state index is 0.129. The number of benzene rings is 2. The van der Waals surface area contributed by atoms with Crippen LogP contribution in [0.1, 0.15) is 34.8 Å². The lowest BCUT2D eigenvalue weighted by Gasteiger charge is -2.21. The largest absolute Gasteiger partial charge is 0.381 e. The van der Waals surface area contributed by atoms with Gasteiger partial charge in [0.1, 0.15) is 5.82 Å². The van der Waals surface area contributed by atoms with Gasteiger partial charge in [-0.3, -0.25) is 4.79 Å². The van der Waals surface area contributed by atoms with Gasteiger partial charge >= 0.3 is 0 Å². The van der Waals surface area contributed by atoms with Crippen LogP contribution in [0.15, 0.2) is 48.5 Å². The molecule has 2 aromatic carbocycles. The number of anilines is 1. The highest BCUT2D eigenvalue weighted by molar-refractivity contribution is 7.99. The van der Waals surface area contributed by atoms with Gasteiger partial charge in [0.2, 0.25) is 5.82 Å². The lowest BCUT2D eigenvalue weighted by molar-refractivity contribution is 0.0999. The van der Waals surface area contributed by atoms with Gasteiger partial charge in [0.25, 0.3) is 5.91 Å². The third-order valence-corrected chi connectivity index (χ3v) is 6.58. The number of nitrogens with one attached hydrogen (secondary N) is 1. The molecular formula is C22H23ClN4O2S. The van der Waals surface area contributed by atoms with E-state index in [0.29, 0.717) is 16.1 Å². The molecule has 0 aliphatic carbocycles. The Morgan fingerprint density at radius 1 is 1.23 bits per heavy atom. The number of aromatic nitrogens is 3. The highest BCUT2D eigenvalue weighted by Gasteiger charge is 2.17. The van der Waals surface area contributed by atoms with Gasteiger partial charge in [0.05, 0.1) is 5.69 Å². The summed E-state index contributed by atoms with van der Waals surface area (Å²) in [4.78, 5) is 17.0.